The summed E-state index contributed by atoms with van der Waals surface area (Å²) < 4.78 is 0. The third-order valence-electron chi connectivity index (χ3n) is 23.8. The number of amides is 15. The lowest BCUT2D eigenvalue weighted by atomic mass is 9.88. The zero-order chi connectivity index (χ0) is 93.8. The Morgan fingerprint density at radius 1 is 0.547 bits per heavy atom. The van der Waals surface area contributed by atoms with Gasteiger partial charge in [-0.1, -0.05) is 114 Å². The lowest BCUT2D eigenvalue weighted by Crippen LogP contribution is -2.61. The van der Waals surface area contributed by atoms with E-state index in [1.54, 1.807) is 12.4 Å². The number of rotatable bonds is 24. The van der Waals surface area contributed by atoms with Gasteiger partial charge in [-0.3, -0.25) is 81.5 Å². The van der Waals surface area contributed by atoms with Crippen LogP contribution in [0.4, 0.5) is 0 Å². The number of unbranched alkanes of at least 4 members (excludes halogenated alkanes) is 2. The van der Waals surface area contributed by atoms with Crippen LogP contribution in [-0.4, -0.2) is 271 Å². The summed E-state index contributed by atoms with van der Waals surface area (Å²) in [5.41, 5.74) is 20.5. The molecule has 0 saturated carbocycles. The topological polar surface area (TPSA) is 532 Å². The van der Waals surface area contributed by atoms with Gasteiger partial charge in [-0.05, 0) is 124 Å². The number of hydrogen-bond acceptors (Lipinski definition) is 20. The monoisotopic (exact) mass is 1790 g/mol. The van der Waals surface area contributed by atoms with E-state index < -0.39 is 228 Å². The molecule has 3 fully saturated rings. The summed E-state index contributed by atoms with van der Waals surface area (Å²) in [5, 5.41) is 32.9. The number of nitrogens with two attached hydrogens (primary N) is 3. The number of fused-ring (bicyclic) bond motifs is 4. The van der Waals surface area contributed by atoms with Crippen LogP contribution < -0.4 is 59.7 Å². The highest BCUT2D eigenvalue weighted by molar-refractivity contribution is 8.00. The summed E-state index contributed by atoms with van der Waals surface area (Å²) in [5.74, 6) is -17.5. The first-order chi connectivity index (χ1) is 61.0. The number of thioether (sulfide) groups is 1. The van der Waals surface area contributed by atoms with E-state index in [9.17, 15) is 53.1 Å². The number of Topliss-reactive ketones (excluding diaryl/α,β-unsaturated/α-hetero) is 2. The predicted molar refractivity (Wildman–Crippen MR) is 481 cm³/mol. The van der Waals surface area contributed by atoms with Crippen molar-refractivity contribution in [1.29, 1.82) is 0 Å². The second-order valence-electron chi connectivity index (χ2n) is 33.7. The third-order valence-corrected chi connectivity index (χ3v) is 24.8. The van der Waals surface area contributed by atoms with Crippen LogP contribution in [0.3, 0.4) is 0 Å². The van der Waals surface area contributed by atoms with Crippen LogP contribution in [0.5, 0.6) is 5.75 Å². The van der Waals surface area contributed by atoms with Gasteiger partial charge in [0.25, 0.3) is 0 Å². The number of phenolic OH excluding ortho intramolecular Hbond substituents is 1. The molecule has 0 bridgehead atoms. The number of benzene rings is 3. The summed E-state index contributed by atoms with van der Waals surface area (Å²) in [4.78, 5) is 261. The lowest BCUT2D eigenvalue weighted by Gasteiger charge is -2.36. The number of nitrogens with zero attached hydrogens (tertiary/aromatic N) is 5. The number of phenols is 1. The van der Waals surface area contributed by atoms with Crippen molar-refractivity contribution in [3.63, 3.8) is 0 Å². The first kappa shape index (κ1) is 101. The second-order valence-corrected chi connectivity index (χ2v) is 34.8. The SMILES string of the molecule is C=CC[C@@H]1NC(=O)[C@H](Cc2c[nH]c3ccccc23)CC(=O)[C@@H]2CCCN2C(=O)[C@H](CC(C)C)NC(=O)[C@H](CN)NC(=O)[C@@H]2CCCN2C(=O)[C@H](CC(N)=O)NC(=O)[C@H](C)N(C)C(=O)[C@H](Cc2ccc(O)cc2)NC(=O)CSC[C@@H](C(=O)NCC(N)=O)NC(=O)[C@H](CC=C)NC(=O)[C@H](CCCC)N(C)C(=O)[C@H](CCCC)N(C)C(=O)[C@H](Cc2c[nH]c3ccccc23)CC1=O. The molecule has 3 aliphatic heterocycles. The molecule has 36 nitrogen and oxygen atoms in total. The van der Waals surface area contributed by atoms with E-state index in [-0.39, 0.29) is 95.4 Å². The van der Waals surface area contributed by atoms with Gasteiger partial charge in [-0.2, -0.15) is 0 Å². The number of aromatic nitrogens is 2. The number of para-hydroxylation sites is 2. The Morgan fingerprint density at radius 2 is 1.07 bits per heavy atom. The largest absolute Gasteiger partial charge is 0.508 e. The Kier molecular flexibility index (Phi) is 38.4. The summed E-state index contributed by atoms with van der Waals surface area (Å²) in [6, 6.07) is 3.45. The summed E-state index contributed by atoms with van der Waals surface area (Å²) in [6.45, 7) is 15.2. The number of carbonyl (C=O) groups excluding carboxylic acids is 17. The molecule has 17 N–H and O–H groups in total. The summed E-state index contributed by atoms with van der Waals surface area (Å²) >= 11 is 0.794. The number of hydrogen-bond donors (Lipinski definition) is 14. The van der Waals surface area contributed by atoms with Gasteiger partial charge in [0.1, 0.15) is 66.2 Å². The molecule has 8 rings (SSSR count). The molecule has 14 atom stereocenters. The highest BCUT2D eigenvalue weighted by Gasteiger charge is 2.45. The van der Waals surface area contributed by atoms with Gasteiger partial charge in [0.05, 0.1) is 30.8 Å². The molecule has 128 heavy (non-hydrogen) atoms. The van der Waals surface area contributed by atoms with Crippen molar-refractivity contribution in [2.24, 2.45) is 35.0 Å². The predicted octanol–water partition coefficient (Wildman–Crippen LogP) is 2.17. The number of ketones is 2. The molecule has 0 radical (unpaired) electrons. The molecule has 0 spiro atoms. The van der Waals surface area contributed by atoms with Gasteiger partial charge in [-0.25, -0.2) is 0 Å². The minimum Gasteiger partial charge on any atom is -0.508 e. The molecule has 37 heteroatoms. The highest BCUT2D eigenvalue weighted by Crippen LogP contribution is 2.31. The normalized spacial score (nSPS) is 25.0. The summed E-state index contributed by atoms with van der Waals surface area (Å²) in [7, 11) is 4.09. The van der Waals surface area contributed by atoms with Crippen LogP contribution in [0.1, 0.15) is 154 Å². The van der Waals surface area contributed by atoms with Gasteiger partial charge in [0.2, 0.25) is 88.6 Å². The van der Waals surface area contributed by atoms with E-state index in [1.807, 2.05) is 76.2 Å². The molecule has 5 aromatic rings. The van der Waals surface area contributed by atoms with E-state index in [2.05, 4.69) is 65.7 Å². The minimum absolute atomic E-state index is 0.0294. The number of likely N-dealkylation sites (N-methyl/N-ethyl adjacent to an activating group) is 3. The van der Waals surface area contributed by atoms with E-state index in [1.165, 1.54) is 79.2 Å². The molecular weight excluding hydrogens is 1670 g/mol. The third kappa shape index (κ3) is 27.6. The Balaban J connectivity index is 1.17. The fraction of sp³-hybridized carbons (Fsp3) is 0.527. The Hall–Kier alpha value is -12.3. The molecular formula is C91H126N18O18S. The van der Waals surface area contributed by atoms with Crippen LogP contribution in [0.15, 0.2) is 111 Å². The molecule has 5 heterocycles. The number of aromatic hydroxyl groups is 1. The van der Waals surface area contributed by atoms with Crippen LogP contribution in [0.25, 0.3) is 21.8 Å². The second kappa shape index (κ2) is 48.6. The fourth-order valence-corrected chi connectivity index (χ4v) is 17.4. The van der Waals surface area contributed by atoms with Gasteiger partial charge in [0, 0.05) is 112 Å². The fourth-order valence-electron chi connectivity index (χ4n) is 16.6. The molecule has 3 aliphatic rings. The van der Waals surface area contributed by atoms with E-state index >= 15 is 33.6 Å². The van der Waals surface area contributed by atoms with Crippen molar-refractivity contribution in [2.45, 2.75) is 229 Å². The Morgan fingerprint density at radius 3 is 1.66 bits per heavy atom. The number of primary amides is 2. The first-order valence-corrected chi connectivity index (χ1v) is 45.0. The average Bonchev–Trinajstić information content (AvgIpc) is 1.48. The van der Waals surface area contributed by atoms with Gasteiger partial charge in [0.15, 0.2) is 11.6 Å². The summed E-state index contributed by atoms with van der Waals surface area (Å²) in [6.07, 6.45) is 6.64. The van der Waals surface area contributed by atoms with Crippen LogP contribution in [0, 0.1) is 17.8 Å². The van der Waals surface area contributed by atoms with Crippen LogP contribution in [0.2, 0.25) is 0 Å². The van der Waals surface area contributed by atoms with Crippen LogP contribution >= 0.6 is 11.8 Å². The number of nitrogens with one attached hydrogen (secondary N) is 10. The van der Waals surface area contributed by atoms with Gasteiger partial charge >= 0.3 is 0 Å². The van der Waals surface area contributed by atoms with Crippen molar-refractivity contribution in [3.05, 3.63) is 127 Å². The molecule has 3 saturated heterocycles. The van der Waals surface area contributed by atoms with Crippen molar-refractivity contribution in [2.75, 3.05) is 58.8 Å². The molecule has 2 aromatic heterocycles. The maximum Gasteiger partial charge on any atom is 0.246 e. The molecule has 3 aromatic carbocycles. The van der Waals surface area contributed by atoms with Gasteiger partial charge < -0.3 is 99.3 Å². The van der Waals surface area contributed by atoms with E-state index in [0.29, 0.717) is 48.8 Å². The molecule has 0 aliphatic carbocycles. The van der Waals surface area contributed by atoms with E-state index in [4.69, 9.17) is 17.2 Å². The zero-order valence-corrected chi connectivity index (χ0v) is 75.1. The average molecular weight is 1790 g/mol. The van der Waals surface area contributed by atoms with Gasteiger partial charge in [-0.15, -0.1) is 24.9 Å². The van der Waals surface area contributed by atoms with Crippen molar-refractivity contribution < 1.29 is 86.6 Å². The quantitative estimate of drug-likeness (QED) is 0.0394. The maximum atomic E-state index is 15.8. The smallest absolute Gasteiger partial charge is 0.246 e. The maximum absolute atomic E-state index is 15.8. The Labute approximate surface area is 749 Å². The van der Waals surface area contributed by atoms with Crippen molar-refractivity contribution in [1.82, 2.24) is 77.0 Å². The highest BCUT2D eigenvalue weighted by atomic mass is 32.2. The number of H-pyrrole nitrogens is 2. The molecule has 0 unspecified atom stereocenters. The first-order valence-electron chi connectivity index (χ1n) is 43.8. The number of carbonyl (C=O) groups is 17. The minimum atomic E-state index is -1.73. The van der Waals surface area contributed by atoms with E-state index in [0.717, 1.165) is 43.4 Å². The zero-order valence-electron chi connectivity index (χ0n) is 74.3. The van der Waals surface area contributed by atoms with Crippen molar-refractivity contribution >= 4 is 134 Å². The van der Waals surface area contributed by atoms with Crippen molar-refractivity contribution in [3.8, 4) is 5.75 Å². The van der Waals surface area contributed by atoms with Crippen LogP contribution in [-0.2, 0) is 101 Å². The standard InChI is InChI=1S/C91H126N18O18S/c1-11-15-29-72-85(121)100-65(24-14-4)83(119)104-70(82(118)97-49-78(94)114)50-128-51-79(115)98-67(40-54-33-35-59(110)36-34-54)88(124)105(8)53(7)80(116)101-68(45-77(93)113)90(126)109-38-22-32-73(109)86(122)103-69(46-92)84(120)102-66(39-52(5)6)89(125)108-37-21-31-71(108)76(112)43-55(41-57-47-95-62-27-19-17-25-60(57)62)81(117)99-64(23-13-3)75(111)44-56(42-58-48-96-63-28-20-18-26-61(58)63)87(123)107(10)74(30-16-12-2)91(127)106(72)9/h13-14,17-20,25-28,33-36,47-48,52-53,55-56,64-74,95-96,110H,3-4,11-12,15-16,21-24,29-32,37-46,49-51,92H2,1-2,5-10H3,(H2,93,113)(H2,94,114)(H,97,118)(H,98,115)(H,99,117)(H,100,121)(H,101,116)(H,102,120)(H,103,122)(H,104,119)/t53-,55+,56+,64-,65-,66-,67-,68-,69-,70-,71-,72-,73-,74-/m0/s1. The molecule has 15 amide bonds. The molecule has 694 valence electrons. The Bertz CT molecular complexity index is 4840. The lowest BCUT2D eigenvalue weighted by molar-refractivity contribution is -0.150. The number of aromatic amines is 2.